The van der Waals surface area contributed by atoms with Gasteiger partial charge >= 0.3 is 0 Å². The smallest absolute Gasteiger partial charge is 0.255 e. The van der Waals surface area contributed by atoms with Crippen LogP contribution in [0.3, 0.4) is 0 Å². The molecule has 0 unspecified atom stereocenters. The van der Waals surface area contributed by atoms with E-state index in [4.69, 9.17) is 5.11 Å². The highest BCUT2D eigenvalue weighted by atomic mass is 16.2. The van der Waals surface area contributed by atoms with Gasteiger partial charge in [0.2, 0.25) is 0 Å². The molecular weight excluding hydrogens is 194 g/mol. The fourth-order valence-corrected chi connectivity index (χ4v) is 1.41. The Morgan fingerprint density at radius 3 is 2.73 bits per heavy atom. The summed E-state index contributed by atoms with van der Waals surface area (Å²) in [5.41, 5.74) is 2.12. The van der Waals surface area contributed by atoms with E-state index in [0.29, 0.717) is 24.2 Å². The molecule has 1 heterocycles. The lowest BCUT2D eigenvalue weighted by atomic mass is 10.2. The molecule has 1 amide bonds. The maximum absolute atomic E-state index is 11.7. The van der Waals surface area contributed by atoms with Gasteiger partial charge in [-0.05, 0) is 26.7 Å². The van der Waals surface area contributed by atoms with Gasteiger partial charge in [-0.25, -0.2) is 0 Å². The van der Waals surface area contributed by atoms with E-state index >= 15 is 0 Å². The fraction of sp³-hybridized carbons (Fsp3) is 0.600. The van der Waals surface area contributed by atoms with Gasteiger partial charge < -0.3 is 10.4 Å². The van der Waals surface area contributed by atoms with Crippen LogP contribution < -0.4 is 5.32 Å². The van der Waals surface area contributed by atoms with Crippen molar-refractivity contribution in [2.75, 3.05) is 13.2 Å². The van der Waals surface area contributed by atoms with Crippen LogP contribution in [-0.4, -0.2) is 34.4 Å². The number of H-pyrrole nitrogens is 1. The fourth-order valence-electron chi connectivity index (χ4n) is 1.41. The lowest BCUT2D eigenvalue weighted by Gasteiger charge is -2.04. The van der Waals surface area contributed by atoms with Crippen molar-refractivity contribution in [3.8, 4) is 0 Å². The van der Waals surface area contributed by atoms with E-state index in [1.54, 1.807) is 6.92 Å². The molecule has 0 fully saturated rings. The van der Waals surface area contributed by atoms with Crippen molar-refractivity contribution in [2.24, 2.45) is 0 Å². The van der Waals surface area contributed by atoms with Crippen LogP contribution in [0.25, 0.3) is 0 Å². The van der Waals surface area contributed by atoms with Crippen molar-refractivity contribution in [2.45, 2.75) is 26.7 Å². The van der Waals surface area contributed by atoms with Gasteiger partial charge in [-0.1, -0.05) is 0 Å². The molecule has 0 aliphatic heterocycles. The second-order valence-corrected chi connectivity index (χ2v) is 3.50. The summed E-state index contributed by atoms with van der Waals surface area (Å²) in [4.78, 5) is 11.7. The normalized spacial score (nSPS) is 10.3. The molecule has 0 atom stereocenters. The first-order valence-corrected chi connectivity index (χ1v) is 5.07. The third-order valence-electron chi connectivity index (χ3n) is 2.23. The maximum Gasteiger partial charge on any atom is 0.255 e. The highest BCUT2D eigenvalue weighted by Crippen LogP contribution is 2.08. The van der Waals surface area contributed by atoms with Gasteiger partial charge in [0.25, 0.3) is 5.91 Å². The minimum atomic E-state index is -0.100. The van der Waals surface area contributed by atoms with Gasteiger partial charge in [0.05, 0.1) is 11.3 Å². The molecule has 1 aromatic heterocycles. The summed E-state index contributed by atoms with van der Waals surface area (Å²) in [7, 11) is 0. The predicted molar refractivity (Wildman–Crippen MR) is 56.7 cm³/mol. The highest BCUT2D eigenvalue weighted by Gasteiger charge is 2.13. The zero-order valence-electron chi connectivity index (χ0n) is 9.13. The average Bonchev–Trinajstić information content (AvgIpc) is 2.53. The van der Waals surface area contributed by atoms with Crippen LogP contribution in [0.5, 0.6) is 0 Å². The second-order valence-electron chi connectivity index (χ2n) is 3.50. The van der Waals surface area contributed by atoms with E-state index in [1.165, 1.54) is 0 Å². The third kappa shape index (κ3) is 3.06. The number of carbonyl (C=O) groups is 1. The van der Waals surface area contributed by atoms with Gasteiger partial charge in [0.15, 0.2) is 0 Å². The Morgan fingerprint density at radius 2 is 2.20 bits per heavy atom. The lowest BCUT2D eigenvalue weighted by molar-refractivity contribution is 0.0951. The van der Waals surface area contributed by atoms with Crippen LogP contribution in [0.4, 0.5) is 0 Å². The Bertz CT molecular complexity index is 314. The monoisotopic (exact) mass is 211 g/mol. The first-order valence-electron chi connectivity index (χ1n) is 5.07. The number of nitrogens with one attached hydrogen (secondary N) is 2. The molecule has 0 bridgehead atoms. The topological polar surface area (TPSA) is 78.0 Å². The average molecular weight is 211 g/mol. The number of rotatable bonds is 5. The Morgan fingerprint density at radius 1 is 1.47 bits per heavy atom. The van der Waals surface area contributed by atoms with Crippen molar-refractivity contribution in [1.82, 2.24) is 15.5 Å². The number of aromatic nitrogens is 2. The second kappa shape index (κ2) is 5.50. The summed E-state index contributed by atoms with van der Waals surface area (Å²) in [5, 5.41) is 18.1. The van der Waals surface area contributed by atoms with E-state index in [-0.39, 0.29) is 12.5 Å². The Balaban J connectivity index is 2.47. The highest BCUT2D eigenvalue weighted by molar-refractivity contribution is 5.96. The largest absolute Gasteiger partial charge is 0.396 e. The Labute approximate surface area is 88.9 Å². The molecule has 0 saturated carbocycles. The number of unbranched alkanes of at least 4 members (excludes halogenated alkanes) is 1. The maximum atomic E-state index is 11.7. The van der Waals surface area contributed by atoms with Gasteiger partial charge in [-0.15, -0.1) is 0 Å². The summed E-state index contributed by atoms with van der Waals surface area (Å²) in [6, 6.07) is 0. The van der Waals surface area contributed by atoms with Crippen molar-refractivity contribution in [1.29, 1.82) is 0 Å². The number of hydrogen-bond donors (Lipinski definition) is 3. The van der Waals surface area contributed by atoms with Crippen LogP contribution in [0.15, 0.2) is 0 Å². The molecule has 0 aromatic carbocycles. The standard InChI is InChI=1S/C10H17N3O2/c1-7-9(8(2)13-12-7)10(15)11-5-3-4-6-14/h14H,3-6H2,1-2H3,(H,11,15)(H,12,13). The minimum absolute atomic E-state index is 0.100. The van der Waals surface area contributed by atoms with Gasteiger partial charge in [-0.3, -0.25) is 9.89 Å². The van der Waals surface area contributed by atoms with E-state index in [1.807, 2.05) is 6.92 Å². The first-order chi connectivity index (χ1) is 7.16. The Kier molecular flexibility index (Phi) is 4.30. The number of amides is 1. The van der Waals surface area contributed by atoms with Crippen LogP contribution in [0.2, 0.25) is 0 Å². The Hall–Kier alpha value is -1.36. The molecule has 1 rings (SSSR count). The van der Waals surface area contributed by atoms with E-state index in [0.717, 1.165) is 12.1 Å². The minimum Gasteiger partial charge on any atom is -0.396 e. The number of hydrogen-bond acceptors (Lipinski definition) is 3. The van der Waals surface area contributed by atoms with Gasteiger partial charge in [-0.2, -0.15) is 5.10 Å². The van der Waals surface area contributed by atoms with Crippen molar-refractivity contribution in [3.05, 3.63) is 17.0 Å². The summed E-state index contributed by atoms with van der Waals surface area (Å²) < 4.78 is 0. The molecule has 15 heavy (non-hydrogen) atoms. The molecule has 0 aliphatic carbocycles. The number of carbonyl (C=O) groups excluding carboxylic acids is 1. The number of nitrogens with zero attached hydrogens (tertiary/aromatic N) is 1. The molecule has 84 valence electrons. The molecule has 1 aromatic rings. The third-order valence-corrected chi connectivity index (χ3v) is 2.23. The molecule has 5 nitrogen and oxygen atoms in total. The lowest BCUT2D eigenvalue weighted by Crippen LogP contribution is -2.25. The molecule has 0 spiro atoms. The first kappa shape index (κ1) is 11.7. The quantitative estimate of drug-likeness (QED) is 0.622. The van der Waals surface area contributed by atoms with E-state index < -0.39 is 0 Å². The molecule has 0 aliphatic rings. The molecule has 0 radical (unpaired) electrons. The predicted octanol–water partition coefficient (Wildman–Crippen LogP) is 0.529. The summed E-state index contributed by atoms with van der Waals surface area (Å²) in [6.07, 6.45) is 1.50. The zero-order valence-corrected chi connectivity index (χ0v) is 9.13. The number of aliphatic hydroxyl groups is 1. The molecular formula is C10H17N3O2. The van der Waals surface area contributed by atoms with E-state index in [2.05, 4.69) is 15.5 Å². The molecule has 3 N–H and O–H groups in total. The van der Waals surface area contributed by atoms with Gasteiger partial charge in [0.1, 0.15) is 0 Å². The SMILES string of the molecule is Cc1n[nH]c(C)c1C(=O)NCCCCO. The summed E-state index contributed by atoms with van der Waals surface area (Å²) in [6.45, 7) is 4.37. The van der Waals surface area contributed by atoms with Crippen molar-refractivity contribution < 1.29 is 9.90 Å². The van der Waals surface area contributed by atoms with E-state index in [9.17, 15) is 4.79 Å². The number of aromatic amines is 1. The van der Waals surface area contributed by atoms with Crippen LogP contribution in [0, 0.1) is 13.8 Å². The summed E-state index contributed by atoms with van der Waals surface area (Å²) >= 11 is 0. The van der Waals surface area contributed by atoms with Crippen LogP contribution in [-0.2, 0) is 0 Å². The van der Waals surface area contributed by atoms with Crippen LogP contribution in [0.1, 0.15) is 34.6 Å². The van der Waals surface area contributed by atoms with Crippen molar-refractivity contribution >= 4 is 5.91 Å². The molecule has 5 heteroatoms. The van der Waals surface area contributed by atoms with Crippen molar-refractivity contribution in [3.63, 3.8) is 0 Å². The zero-order chi connectivity index (χ0) is 11.3. The molecule has 0 saturated heterocycles. The number of aryl methyl sites for hydroxylation is 2. The van der Waals surface area contributed by atoms with Gasteiger partial charge in [0, 0.05) is 18.8 Å². The van der Waals surface area contributed by atoms with Crippen LogP contribution >= 0.6 is 0 Å². The summed E-state index contributed by atoms with van der Waals surface area (Å²) in [5.74, 6) is -0.100. The number of aliphatic hydroxyl groups excluding tert-OH is 1.